The van der Waals surface area contributed by atoms with Crippen LogP contribution in [0.1, 0.15) is 40.5 Å². The number of hydrogen-bond donors (Lipinski definition) is 1. The van der Waals surface area contributed by atoms with Crippen molar-refractivity contribution in [3.63, 3.8) is 0 Å². The normalized spacial score (nSPS) is 23.9. The zero-order valence-electron chi connectivity index (χ0n) is 11.7. The van der Waals surface area contributed by atoms with Gasteiger partial charge in [0.25, 0.3) is 5.91 Å². The van der Waals surface area contributed by atoms with Crippen LogP contribution >= 0.6 is 0 Å². The van der Waals surface area contributed by atoms with Crippen molar-refractivity contribution >= 4 is 11.9 Å². The molecule has 3 amide bonds. The highest BCUT2D eigenvalue weighted by molar-refractivity contribution is 6.07. The zero-order chi connectivity index (χ0) is 13.5. The van der Waals surface area contributed by atoms with E-state index in [9.17, 15) is 9.59 Å². The minimum atomic E-state index is -0.596. The summed E-state index contributed by atoms with van der Waals surface area (Å²) in [5.74, 6) is -0.00213. The Bertz CT molecular complexity index is 359. The number of amides is 3. The summed E-state index contributed by atoms with van der Waals surface area (Å²) in [7, 11) is 0. The Labute approximate surface area is 108 Å². The first-order valence-electron chi connectivity index (χ1n) is 6.79. The van der Waals surface area contributed by atoms with Crippen molar-refractivity contribution in [3.05, 3.63) is 0 Å². The summed E-state index contributed by atoms with van der Waals surface area (Å²) < 4.78 is 0. The van der Waals surface area contributed by atoms with Crippen LogP contribution in [0.3, 0.4) is 0 Å². The summed E-state index contributed by atoms with van der Waals surface area (Å²) in [5, 5.41) is 3.27. The molecule has 1 N–H and O–H groups in total. The molecule has 2 rings (SSSR count). The molecule has 0 unspecified atom stereocenters. The van der Waals surface area contributed by atoms with E-state index in [0.717, 1.165) is 25.9 Å². The number of hydrogen-bond acceptors (Lipinski definition) is 3. The largest absolute Gasteiger partial charge is 0.328 e. The van der Waals surface area contributed by atoms with Crippen LogP contribution in [0.4, 0.5) is 4.79 Å². The van der Waals surface area contributed by atoms with Gasteiger partial charge in [0.1, 0.15) is 5.54 Å². The molecule has 0 aromatic rings. The SMILES string of the molecule is CC(C)N1C(=O)N(C(C)C)C2(CCNCC2)C1=O. The summed E-state index contributed by atoms with van der Waals surface area (Å²) in [6.45, 7) is 9.36. The number of carbonyl (C=O) groups excluding carboxylic acids is 2. The van der Waals surface area contributed by atoms with E-state index >= 15 is 0 Å². The third-order valence-electron chi connectivity index (χ3n) is 3.95. The molecule has 2 fully saturated rings. The van der Waals surface area contributed by atoms with Crippen molar-refractivity contribution in [1.29, 1.82) is 0 Å². The first-order chi connectivity index (χ1) is 8.42. The summed E-state index contributed by atoms with van der Waals surface area (Å²) in [6, 6.07) is -0.129. The second-order valence-electron chi connectivity index (χ2n) is 5.80. The fourth-order valence-electron chi connectivity index (χ4n) is 3.18. The molecule has 5 nitrogen and oxygen atoms in total. The summed E-state index contributed by atoms with van der Waals surface area (Å²) >= 11 is 0. The Morgan fingerprint density at radius 3 is 2.06 bits per heavy atom. The molecule has 18 heavy (non-hydrogen) atoms. The second-order valence-corrected chi connectivity index (χ2v) is 5.80. The molecule has 0 atom stereocenters. The third-order valence-corrected chi connectivity index (χ3v) is 3.95. The van der Waals surface area contributed by atoms with Gasteiger partial charge >= 0.3 is 6.03 Å². The maximum absolute atomic E-state index is 12.7. The molecule has 0 radical (unpaired) electrons. The Balaban J connectivity index is 2.42. The van der Waals surface area contributed by atoms with Gasteiger partial charge in [-0.2, -0.15) is 0 Å². The van der Waals surface area contributed by atoms with Gasteiger partial charge < -0.3 is 10.2 Å². The highest BCUT2D eigenvalue weighted by Crippen LogP contribution is 2.37. The maximum atomic E-state index is 12.7. The van der Waals surface area contributed by atoms with Gasteiger partial charge in [-0.05, 0) is 53.6 Å². The van der Waals surface area contributed by atoms with Crippen molar-refractivity contribution in [3.8, 4) is 0 Å². The molecule has 0 bridgehead atoms. The minimum Gasteiger partial charge on any atom is -0.317 e. The first kappa shape index (κ1) is 13.3. The van der Waals surface area contributed by atoms with Crippen LogP contribution in [0, 0.1) is 0 Å². The number of nitrogens with zero attached hydrogens (tertiary/aromatic N) is 2. The van der Waals surface area contributed by atoms with Gasteiger partial charge in [0.15, 0.2) is 0 Å². The third kappa shape index (κ3) is 1.72. The van der Waals surface area contributed by atoms with Crippen LogP contribution in [0.2, 0.25) is 0 Å². The van der Waals surface area contributed by atoms with Crippen molar-refractivity contribution in [2.24, 2.45) is 0 Å². The van der Waals surface area contributed by atoms with Crippen molar-refractivity contribution in [2.45, 2.75) is 58.2 Å². The van der Waals surface area contributed by atoms with Gasteiger partial charge in [-0.15, -0.1) is 0 Å². The van der Waals surface area contributed by atoms with Crippen LogP contribution in [-0.4, -0.2) is 52.5 Å². The Kier molecular flexibility index (Phi) is 3.36. The summed E-state index contributed by atoms with van der Waals surface area (Å²) in [6.07, 6.45) is 1.44. The summed E-state index contributed by atoms with van der Waals surface area (Å²) in [4.78, 5) is 28.4. The Morgan fingerprint density at radius 2 is 1.61 bits per heavy atom. The average Bonchev–Trinajstić information content (AvgIpc) is 2.48. The van der Waals surface area contributed by atoms with Gasteiger partial charge in [-0.3, -0.25) is 9.69 Å². The van der Waals surface area contributed by atoms with Crippen molar-refractivity contribution < 1.29 is 9.59 Å². The fraction of sp³-hybridized carbons (Fsp3) is 0.846. The monoisotopic (exact) mass is 253 g/mol. The molecule has 5 heteroatoms. The van der Waals surface area contributed by atoms with Gasteiger partial charge in [0.05, 0.1) is 0 Å². The molecule has 1 spiro atoms. The smallest absolute Gasteiger partial charge is 0.317 e. The lowest BCUT2D eigenvalue weighted by Crippen LogP contribution is -2.57. The Morgan fingerprint density at radius 1 is 1.06 bits per heavy atom. The maximum Gasteiger partial charge on any atom is 0.328 e. The molecule has 0 saturated carbocycles. The highest BCUT2D eigenvalue weighted by atomic mass is 16.2. The molecule has 0 aromatic carbocycles. The molecule has 2 aliphatic rings. The van der Waals surface area contributed by atoms with E-state index in [1.54, 1.807) is 4.90 Å². The molecular formula is C13H23N3O2. The van der Waals surface area contributed by atoms with Gasteiger partial charge in [-0.1, -0.05) is 0 Å². The van der Waals surface area contributed by atoms with E-state index in [0.29, 0.717) is 0 Å². The number of carbonyl (C=O) groups is 2. The topological polar surface area (TPSA) is 52.7 Å². The lowest BCUT2D eigenvalue weighted by atomic mass is 9.86. The summed E-state index contributed by atoms with van der Waals surface area (Å²) in [5.41, 5.74) is -0.596. The number of imide groups is 1. The molecule has 102 valence electrons. The van der Waals surface area contributed by atoms with Crippen LogP contribution in [0.5, 0.6) is 0 Å². The molecule has 0 aliphatic carbocycles. The zero-order valence-corrected chi connectivity index (χ0v) is 11.7. The molecule has 2 heterocycles. The lowest BCUT2D eigenvalue weighted by molar-refractivity contribution is -0.136. The quantitative estimate of drug-likeness (QED) is 0.752. The van der Waals surface area contributed by atoms with E-state index in [2.05, 4.69) is 5.32 Å². The lowest BCUT2D eigenvalue weighted by Gasteiger charge is -2.40. The van der Waals surface area contributed by atoms with Crippen molar-refractivity contribution in [1.82, 2.24) is 15.1 Å². The number of piperidine rings is 1. The van der Waals surface area contributed by atoms with Gasteiger partial charge in [-0.25, -0.2) is 4.79 Å². The fourth-order valence-corrected chi connectivity index (χ4v) is 3.18. The first-order valence-corrected chi connectivity index (χ1v) is 6.79. The van der Waals surface area contributed by atoms with E-state index in [4.69, 9.17) is 0 Å². The van der Waals surface area contributed by atoms with E-state index in [1.165, 1.54) is 4.90 Å². The minimum absolute atomic E-state index is 0.00213. The van der Waals surface area contributed by atoms with E-state index < -0.39 is 5.54 Å². The van der Waals surface area contributed by atoms with Crippen LogP contribution in [-0.2, 0) is 4.79 Å². The van der Waals surface area contributed by atoms with Crippen LogP contribution < -0.4 is 5.32 Å². The number of urea groups is 1. The van der Waals surface area contributed by atoms with Crippen LogP contribution in [0.25, 0.3) is 0 Å². The standard InChI is InChI=1S/C13H23N3O2/c1-9(2)15-11(17)13(5-7-14-8-6-13)16(10(3)4)12(15)18/h9-10,14H,5-8H2,1-4H3. The average molecular weight is 253 g/mol. The molecule has 2 aliphatic heterocycles. The van der Waals surface area contributed by atoms with Gasteiger partial charge in [0, 0.05) is 12.1 Å². The van der Waals surface area contributed by atoms with E-state index in [1.807, 2.05) is 27.7 Å². The Hall–Kier alpha value is -1.10. The van der Waals surface area contributed by atoms with Gasteiger partial charge in [0.2, 0.25) is 0 Å². The highest BCUT2D eigenvalue weighted by Gasteiger charge is 2.58. The number of nitrogens with one attached hydrogen (secondary N) is 1. The molecule has 0 aromatic heterocycles. The molecule has 2 saturated heterocycles. The van der Waals surface area contributed by atoms with Crippen molar-refractivity contribution in [2.75, 3.05) is 13.1 Å². The predicted molar refractivity (Wildman–Crippen MR) is 69.2 cm³/mol. The van der Waals surface area contributed by atoms with E-state index in [-0.39, 0.29) is 24.0 Å². The predicted octanol–water partition coefficient (Wildman–Crippen LogP) is 1.19. The second kappa shape index (κ2) is 4.53. The number of rotatable bonds is 2. The molecular weight excluding hydrogens is 230 g/mol. The van der Waals surface area contributed by atoms with Crippen LogP contribution in [0.15, 0.2) is 0 Å².